The number of phenols is 1. The van der Waals surface area contributed by atoms with Gasteiger partial charge in [-0.05, 0) is 38.1 Å². The quantitative estimate of drug-likeness (QED) is 0.528. The third-order valence-corrected chi connectivity index (χ3v) is 3.40. The van der Waals surface area contributed by atoms with Crippen molar-refractivity contribution in [2.45, 2.75) is 20.0 Å². The Labute approximate surface area is 169 Å². The van der Waals surface area contributed by atoms with Gasteiger partial charge in [-0.25, -0.2) is 9.59 Å². The largest absolute Gasteiger partial charge is 0.504 e. The number of ether oxygens (including phenoxy) is 5. The Morgan fingerprint density at radius 3 is 1.66 bits per heavy atom. The van der Waals surface area contributed by atoms with Crippen LogP contribution < -0.4 is 14.2 Å². The molecule has 8 nitrogen and oxygen atoms in total. The van der Waals surface area contributed by atoms with Gasteiger partial charge in [-0.1, -0.05) is 24.3 Å². The van der Waals surface area contributed by atoms with Crippen LogP contribution in [0.3, 0.4) is 0 Å². The molecule has 0 aliphatic rings. The smallest absolute Gasteiger partial charge is 0.359 e. The summed E-state index contributed by atoms with van der Waals surface area (Å²) < 4.78 is 24.9. The van der Waals surface area contributed by atoms with Crippen LogP contribution in [0.2, 0.25) is 0 Å². The molecule has 2 rings (SSSR count). The predicted octanol–water partition coefficient (Wildman–Crippen LogP) is 2.97. The van der Waals surface area contributed by atoms with Gasteiger partial charge < -0.3 is 28.8 Å². The normalized spacial score (nSPS) is 9.69. The van der Waals surface area contributed by atoms with Crippen molar-refractivity contribution in [3.05, 3.63) is 48.5 Å². The van der Waals surface area contributed by atoms with Gasteiger partial charge in [-0.15, -0.1) is 0 Å². The lowest BCUT2D eigenvalue weighted by molar-refractivity contribution is -0.166. The SMILES string of the molecule is CCOC(=O)C(Oc1ccccc1OC)C(=O)OCC.COc1ccccc1O. The maximum atomic E-state index is 11.8. The molecule has 0 heterocycles. The Balaban J connectivity index is 0.000000387. The fourth-order valence-corrected chi connectivity index (χ4v) is 2.10. The summed E-state index contributed by atoms with van der Waals surface area (Å²) in [5.74, 6) is -0.224. The van der Waals surface area contributed by atoms with Gasteiger partial charge in [0.05, 0.1) is 27.4 Å². The minimum absolute atomic E-state index is 0.143. The number of esters is 2. The summed E-state index contributed by atoms with van der Waals surface area (Å²) in [5.41, 5.74) is 0. The first-order valence-electron chi connectivity index (χ1n) is 8.93. The minimum Gasteiger partial charge on any atom is -0.504 e. The highest BCUT2D eigenvalue weighted by atomic mass is 16.6. The molecule has 0 saturated carbocycles. The van der Waals surface area contributed by atoms with Crippen molar-refractivity contribution in [1.29, 1.82) is 0 Å². The van der Waals surface area contributed by atoms with Crippen LogP contribution in [0.5, 0.6) is 23.0 Å². The average Bonchev–Trinajstić information content (AvgIpc) is 2.73. The van der Waals surface area contributed by atoms with E-state index >= 15 is 0 Å². The number of carbonyl (C=O) groups is 2. The number of rotatable bonds is 8. The predicted molar refractivity (Wildman–Crippen MR) is 105 cm³/mol. The van der Waals surface area contributed by atoms with E-state index in [1.807, 2.05) is 0 Å². The molecule has 29 heavy (non-hydrogen) atoms. The fourth-order valence-electron chi connectivity index (χ4n) is 2.10. The highest BCUT2D eigenvalue weighted by Crippen LogP contribution is 2.27. The third-order valence-electron chi connectivity index (χ3n) is 3.40. The van der Waals surface area contributed by atoms with E-state index in [1.54, 1.807) is 62.4 Å². The zero-order valence-corrected chi connectivity index (χ0v) is 16.9. The van der Waals surface area contributed by atoms with Crippen molar-refractivity contribution >= 4 is 11.9 Å². The number of hydrogen-bond acceptors (Lipinski definition) is 8. The summed E-state index contributed by atoms with van der Waals surface area (Å²) in [4.78, 5) is 23.5. The molecule has 2 aromatic rings. The number of hydrogen-bond donors (Lipinski definition) is 1. The zero-order valence-electron chi connectivity index (χ0n) is 16.9. The van der Waals surface area contributed by atoms with Crippen molar-refractivity contribution in [1.82, 2.24) is 0 Å². The first kappa shape index (κ1) is 23.6. The van der Waals surface area contributed by atoms with Crippen LogP contribution >= 0.6 is 0 Å². The number of carbonyl (C=O) groups excluding carboxylic acids is 2. The van der Waals surface area contributed by atoms with Crippen molar-refractivity contribution in [3.63, 3.8) is 0 Å². The number of phenolic OH excluding ortho intramolecular Hbond substituents is 1. The van der Waals surface area contributed by atoms with Gasteiger partial charge in [0.25, 0.3) is 6.10 Å². The molecular weight excluding hydrogens is 380 g/mol. The number of benzene rings is 2. The second-order valence-electron chi connectivity index (χ2n) is 5.32. The maximum absolute atomic E-state index is 11.8. The van der Waals surface area contributed by atoms with E-state index < -0.39 is 18.0 Å². The third kappa shape index (κ3) is 7.61. The van der Waals surface area contributed by atoms with Crippen LogP contribution in [-0.2, 0) is 19.1 Å². The molecule has 1 N–H and O–H groups in total. The monoisotopic (exact) mass is 406 g/mol. The summed E-state index contributed by atoms with van der Waals surface area (Å²) in [5, 5.41) is 8.99. The summed E-state index contributed by atoms with van der Waals surface area (Å²) in [6, 6.07) is 13.5. The van der Waals surface area contributed by atoms with E-state index in [0.29, 0.717) is 11.5 Å². The molecule has 0 radical (unpaired) electrons. The molecule has 0 unspecified atom stereocenters. The average molecular weight is 406 g/mol. The van der Waals surface area contributed by atoms with Crippen LogP contribution in [-0.4, -0.2) is 50.6 Å². The van der Waals surface area contributed by atoms with E-state index in [4.69, 9.17) is 28.8 Å². The molecule has 158 valence electrons. The van der Waals surface area contributed by atoms with E-state index in [2.05, 4.69) is 0 Å². The molecule has 0 aliphatic carbocycles. The van der Waals surface area contributed by atoms with Gasteiger partial charge >= 0.3 is 11.9 Å². The molecule has 0 spiro atoms. The van der Waals surface area contributed by atoms with Gasteiger partial charge in [0.1, 0.15) is 0 Å². The van der Waals surface area contributed by atoms with E-state index in [1.165, 1.54) is 14.2 Å². The summed E-state index contributed by atoms with van der Waals surface area (Å²) >= 11 is 0. The number of methoxy groups -OCH3 is 2. The molecule has 2 aromatic carbocycles. The maximum Gasteiger partial charge on any atom is 0.359 e. The van der Waals surface area contributed by atoms with Crippen LogP contribution in [0.25, 0.3) is 0 Å². The second-order valence-corrected chi connectivity index (χ2v) is 5.32. The lowest BCUT2D eigenvalue weighted by Crippen LogP contribution is -2.38. The molecule has 0 atom stereocenters. The van der Waals surface area contributed by atoms with Gasteiger partial charge in [0.15, 0.2) is 23.0 Å². The van der Waals surface area contributed by atoms with Crippen LogP contribution in [0.4, 0.5) is 0 Å². The van der Waals surface area contributed by atoms with Crippen LogP contribution in [0.15, 0.2) is 48.5 Å². The minimum atomic E-state index is -1.47. The molecule has 0 saturated heterocycles. The van der Waals surface area contributed by atoms with E-state index in [0.717, 1.165) is 0 Å². The van der Waals surface area contributed by atoms with E-state index in [-0.39, 0.29) is 24.7 Å². The van der Waals surface area contributed by atoms with Crippen molar-refractivity contribution in [3.8, 4) is 23.0 Å². The molecule has 8 heteroatoms. The van der Waals surface area contributed by atoms with Gasteiger partial charge in [0.2, 0.25) is 0 Å². The van der Waals surface area contributed by atoms with Gasteiger partial charge in [-0.2, -0.15) is 0 Å². The molecular formula is C21H26O8. The Morgan fingerprint density at radius 1 is 0.793 bits per heavy atom. The number of para-hydroxylation sites is 4. The van der Waals surface area contributed by atoms with Crippen molar-refractivity contribution < 1.29 is 38.4 Å². The lowest BCUT2D eigenvalue weighted by Gasteiger charge is -2.17. The Kier molecular flexibility index (Phi) is 10.5. The fraction of sp³-hybridized carbons (Fsp3) is 0.333. The topological polar surface area (TPSA) is 101 Å². The van der Waals surface area contributed by atoms with Crippen LogP contribution in [0.1, 0.15) is 13.8 Å². The summed E-state index contributed by atoms with van der Waals surface area (Å²) in [7, 11) is 2.99. The molecule has 0 aromatic heterocycles. The first-order valence-corrected chi connectivity index (χ1v) is 8.93. The van der Waals surface area contributed by atoms with Crippen LogP contribution in [0, 0.1) is 0 Å². The molecule has 0 amide bonds. The van der Waals surface area contributed by atoms with Crippen molar-refractivity contribution in [2.24, 2.45) is 0 Å². The van der Waals surface area contributed by atoms with Gasteiger partial charge in [0, 0.05) is 0 Å². The molecule has 0 fully saturated rings. The highest BCUT2D eigenvalue weighted by Gasteiger charge is 2.32. The van der Waals surface area contributed by atoms with E-state index in [9.17, 15) is 9.59 Å². The first-order chi connectivity index (χ1) is 14.0. The Morgan fingerprint density at radius 2 is 1.24 bits per heavy atom. The lowest BCUT2D eigenvalue weighted by atomic mass is 10.3. The second kappa shape index (κ2) is 12.9. The Bertz CT molecular complexity index is 757. The standard InChI is InChI=1S/C14H18O6.C7H8O2/c1-4-18-13(15)12(14(16)19-5-2)20-11-9-7-6-8-10(11)17-3;1-9-7-5-3-2-4-6(7)8/h6-9,12H,4-5H2,1-3H3;2-5,8H,1H3. The molecule has 0 aliphatic heterocycles. The summed E-state index contributed by atoms with van der Waals surface area (Å²) in [6.45, 7) is 3.57. The zero-order chi connectivity index (χ0) is 21.6. The van der Waals surface area contributed by atoms with Crippen molar-refractivity contribution in [2.75, 3.05) is 27.4 Å². The summed E-state index contributed by atoms with van der Waals surface area (Å²) in [6.07, 6.45) is -1.47. The molecule has 0 bridgehead atoms. The highest BCUT2D eigenvalue weighted by molar-refractivity contribution is 5.98. The van der Waals surface area contributed by atoms with Gasteiger partial charge in [-0.3, -0.25) is 0 Å². The Hall–Kier alpha value is -3.42. The number of aromatic hydroxyl groups is 1.